The Morgan fingerprint density at radius 2 is 2.00 bits per heavy atom. The molecule has 1 saturated heterocycles. The van der Waals surface area contributed by atoms with Crippen molar-refractivity contribution in [1.29, 1.82) is 0 Å². The number of sulfone groups is 1. The zero-order chi connectivity index (χ0) is 14.8. The third-order valence-corrected chi connectivity index (χ3v) is 5.58. The van der Waals surface area contributed by atoms with Crippen molar-refractivity contribution < 1.29 is 13.2 Å². The maximum absolute atomic E-state index is 11.4. The van der Waals surface area contributed by atoms with Crippen molar-refractivity contribution >= 4 is 9.84 Å². The summed E-state index contributed by atoms with van der Waals surface area (Å²) in [5.41, 5.74) is 3.03. The molecule has 20 heavy (non-hydrogen) atoms. The van der Waals surface area contributed by atoms with E-state index in [0.717, 1.165) is 22.6 Å². The van der Waals surface area contributed by atoms with Crippen molar-refractivity contribution in [1.82, 2.24) is 10.3 Å². The molecule has 1 aromatic rings. The van der Waals surface area contributed by atoms with Gasteiger partial charge in [-0.2, -0.15) is 0 Å². The quantitative estimate of drug-likeness (QED) is 0.909. The average Bonchev–Trinajstić information content (AvgIpc) is 2.40. The molecule has 0 spiro atoms. The Kier molecular flexibility index (Phi) is 4.65. The second-order valence-corrected chi connectivity index (χ2v) is 7.66. The molecule has 1 aliphatic heterocycles. The molecule has 1 aliphatic rings. The Bertz CT molecular complexity index is 570. The first-order chi connectivity index (χ1) is 9.43. The van der Waals surface area contributed by atoms with E-state index in [4.69, 9.17) is 4.74 Å². The number of hydrogen-bond donors (Lipinski definition) is 1. The predicted molar refractivity (Wildman–Crippen MR) is 78.8 cm³/mol. The average molecular weight is 298 g/mol. The zero-order valence-electron chi connectivity index (χ0n) is 12.3. The Morgan fingerprint density at radius 1 is 1.35 bits per heavy atom. The summed E-state index contributed by atoms with van der Waals surface area (Å²) in [4.78, 5) is 4.44. The van der Waals surface area contributed by atoms with Gasteiger partial charge in [0.15, 0.2) is 0 Å². The molecule has 1 fully saturated rings. The fourth-order valence-corrected chi connectivity index (χ4v) is 4.08. The van der Waals surface area contributed by atoms with Crippen LogP contribution in [0.25, 0.3) is 0 Å². The SMILES string of the molecule is COc1c(C)cnc(CNC2CCS(=O)(=O)CC2)c1C. The van der Waals surface area contributed by atoms with Crippen LogP contribution in [0.2, 0.25) is 0 Å². The maximum Gasteiger partial charge on any atom is 0.150 e. The summed E-state index contributed by atoms with van der Waals surface area (Å²) < 4.78 is 28.2. The molecule has 0 unspecified atom stereocenters. The topological polar surface area (TPSA) is 68.3 Å². The van der Waals surface area contributed by atoms with Gasteiger partial charge < -0.3 is 10.1 Å². The predicted octanol–water partition coefficient (Wildman–Crippen LogP) is 1.37. The van der Waals surface area contributed by atoms with Gasteiger partial charge >= 0.3 is 0 Å². The number of nitrogens with one attached hydrogen (secondary N) is 1. The summed E-state index contributed by atoms with van der Waals surface area (Å²) in [6, 6.07) is 0.257. The van der Waals surface area contributed by atoms with Crippen LogP contribution in [-0.2, 0) is 16.4 Å². The molecule has 112 valence electrons. The second kappa shape index (κ2) is 6.10. The molecular weight excluding hydrogens is 276 g/mol. The van der Waals surface area contributed by atoms with Gasteiger partial charge in [0.05, 0.1) is 24.3 Å². The van der Waals surface area contributed by atoms with E-state index in [2.05, 4.69) is 10.3 Å². The Morgan fingerprint density at radius 3 is 2.60 bits per heavy atom. The molecule has 2 rings (SSSR count). The molecule has 5 nitrogen and oxygen atoms in total. The van der Waals surface area contributed by atoms with Crippen LogP contribution in [0.1, 0.15) is 29.7 Å². The van der Waals surface area contributed by atoms with Gasteiger partial charge in [0.25, 0.3) is 0 Å². The fraction of sp³-hybridized carbons (Fsp3) is 0.643. The lowest BCUT2D eigenvalue weighted by Gasteiger charge is -2.23. The Labute approximate surface area is 120 Å². The summed E-state index contributed by atoms with van der Waals surface area (Å²) >= 11 is 0. The van der Waals surface area contributed by atoms with E-state index in [9.17, 15) is 8.42 Å². The first-order valence-electron chi connectivity index (χ1n) is 6.86. The molecule has 6 heteroatoms. The highest BCUT2D eigenvalue weighted by Gasteiger charge is 2.23. The summed E-state index contributed by atoms with van der Waals surface area (Å²) in [6.45, 7) is 4.62. The Hall–Kier alpha value is -1.14. The van der Waals surface area contributed by atoms with Crippen LogP contribution in [0.4, 0.5) is 0 Å². The van der Waals surface area contributed by atoms with Crippen molar-refractivity contribution in [2.24, 2.45) is 0 Å². The third-order valence-electron chi connectivity index (χ3n) is 3.86. The smallest absolute Gasteiger partial charge is 0.150 e. The number of hydrogen-bond acceptors (Lipinski definition) is 5. The van der Waals surface area contributed by atoms with Gasteiger partial charge in [0, 0.05) is 29.9 Å². The molecule has 0 aromatic carbocycles. The second-order valence-electron chi connectivity index (χ2n) is 5.35. The van der Waals surface area contributed by atoms with E-state index in [0.29, 0.717) is 19.4 Å². The number of aryl methyl sites for hydroxylation is 1. The minimum Gasteiger partial charge on any atom is -0.496 e. The van der Waals surface area contributed by atoms with Gasteiger partial charge in [-0.15, -0.1) is 0 Å². The summed E-state index contributed by atoms with van der Waals surface area (Å²) in [5, 5.41) is 3.40. The molecule has 0 aliphatic carbocycles. The molecule has 1 aromatic heterocycles. The Balaban J connectivity index is 1.98. The zero-order valence-corrected chi connectivity index (χ0v) is 13.1. The first-order valence-corrected chi connectivity index (χ1v) is 8.68. The van der Waals surface area contributed by atoms with Crippen molar-refractivity contribution in [3.8, 4) is 5.75 Å². The van der Waals surface area contributed by atoms with Gasteiger partial charge in [-0.3, -0.25) is 4.98 Å². The van der Waals surface area contributed by atoms with Gasteiger partial charge in [-0.05, 0) is 26.7 Å². The molecule has 0 radical (unpaired) electrons. The molecule has 0 bridgehead atoms. The lowest BCUT2D eigenvalue weighted by Crippen LogP contribution is -2.37. The number of ether oxygens (including phenoxy) is 1. The molecule has 0 atom stereocenters. The van der Waals surface area contributed by atoms with Crippen molar-refractivity contribution in [3.05, 3.63) is 23.0 Å². The van der Waals surface area contributed by atoms with Crippen LogP contribution in [0.3, 0.4) is 0 Å². The van der Waals surface area contributed by atoms with E-state index in [1.807, 2.05) is 20.0 Å². The van der Waals surface area contributed by atoms with Crippen LogP contribution < -0.4 is 10.1 Å². The highest BCUT2D eigenvalue weighted by Crippen LogP contribution is 2.24. The van der Waals surface area contributed by atoms with Crippen LogP contribution >= 0.6 is 0 Å². The van der Waals surface area contributed by atoms with Crippen molar-refractivity contribution in [3.63, 3.8) is 0 Å². The van der Waals surface area contributed by atoms with E-state index in [-0.39, 0.29) is 17.5 Å². The lowest BCUT2D eigenvalue weighted by molar-refractivity contribution is 0.405. The minimum atomic E-state index is -2.80. The molecule has 0 saturated carbocycles. The molecule has 1 N–H and O–H groups in total. The molecule has 2 heterocycles. The fourth-order valence-electron chi connectivity index (χ4n) is 2.58. The van der Waals surface area contributed by atoms with E-state index < -0.39 is 9.84 Å². The monoisotopic (exact) mass is 298 g/mol. The first kappa shape index (κ1) is 15.3. The summed E-state index contributed by atoms with van der Waals surface area (Å²) in [7, 11) is -1.13. The van der Waals surface area contributed by atoms with Crippen LogP contribution in [-0.4, -0.2) is 38.1 Å². The number of methoxy groups -OCH3 is 1. The highest BCUT2D eigenvalue weighted by atomic mass is 32.2. The van der Waals surface area contributed by atoms with Gasteiger partial charge in [0.2, 0.25) is 0 Å². The summed E-state index contributed by atoms with van der Waals surface area (Å²) in [6.07, 6.45) is 3.18. The van der Waals surface area contributed by atoms with E-state index in [1.165, 1.54) is 0 Å². The maximum atomic E-state index is 11.4. The van der Waals surface area contributed by atoms with Crippen LogP contribution in [0.15, 0.2) is 6.20 Å². The third kappa shape index (κ3) is 3.49. The van der Waals surface area contributed by atoms with Gasteiger partial charge in [0.1, 0.15) is 15.6 Å². The normalized spacial score (nSPS) is 18.9. The summed E-state index contributed by atoms with van der Waals surface area (Å²) in [5.74, 6) is 1.45. The van der Waals surface area contributed by atoms with Crippen LogP contribution in [0, 0.1) is 13.8 Å². The van der Waals surface area contributed by atoms with Crippen molar-refractivity contribution in [2.45, 2.75) is 39.3 Å². The largest absolute Gasteiger partial charge is 0.496 e. The van der Waals surface area contributed by atoms with E-state index in [1.54, 1.807) is 7.11 Å². The van der Waals surface area contributed by atoms with Gasteiger partial charge in [-0.1, -0.05) is 0 Å². The molecule has 0 amide bonds. The number of aromatic nitrogens is 1. The minimum absolute atomic E-state index is 0.257. The number of rotatable bonds is 4. The number of nitrogens with zero attached hydrogens (tertiary/aromatic N) is 1. The van der Waals surface area contributed by atoms with Crippen LogP contribution in [0.5, 0.6) is 5.75 Å². The van der Waals surface area contributed by atoms with Crippen molar-refractivity contribution in [2.75, 3.05) is 18.6 Å². The van der Waals surface area contributed by atoms with Gasteiger partial charge in [-0.25, -0.2) is 8.42 Å². The highest BCUT2D eigenvalue weighted by molar-refractivity contribution is 7.91. The molecular formula is C14H22N2O3S. The number of pyridine rings is 1. The lowest BCUT2D eigenvalue weighted by atomic mass is 10.1. The van der Waals surface area contributed by atoms with E-state index >= 15 is 0 Å². The standard InChI is InChI=1S/C14H22N2O3S/c1-10-8-16-13(11(2)14(10)19-3)9-15-12-4-6-20(17,18)7-5-12/h8,12,15H,4-7,9H2,1-3H3.